The minimum atomic E-state index is -3.56. The van der Waals surface area contributed by atoms with Crippen molar-refractivity contribution in [3.05, 3.63) is 24.3 Å². The number of rotatable bonds is 9. The SMILES string of the molecule is CN(C1CCCCC1)S(=O)(=O)c1ccc(NC(=O)CSc2nnnn2CC2CCCO2)cc1. The van der Waals surface area contributed by atoms with Crippen molar-refractivity contribution in [3.63, 3.8) is 0 Å². The minimum absolute atomic E-state index is 0.0527. The summed E-state index contributed by atoms with van der Waals surface area (Å²) in [6.45, 7) is 1.33. The number of sulfonamides is 1. The summed E-state index contributed by atoms with van der Waals surface area (Å²) >= 11 is 1.25. The van der Waals surface area contributed by atoms with E-state index in [2.05, 4.69) is 20.8 Å². The molecule has 0 radical (unpaired) electrons. The molecule has 1 N–H and O–H groups in total. The molecule has 12 heteroatoms. The molecule has 1 aromatic carbocycles. The highest BCUT2D eigenvalue weighted by Crippen LogP contribution is 2.27. The van der Waals surface area contributed by atoms with Gasteiger partial charge in [0.05, 0.1) is 23.3 Å². The third-order valence-corrected chi connectivity index (χ3v) is 9.02. The monoisotopic (exact) mass is 494 g/mol. The molecule has 0 bridgehead atoms. The Labute approximate surface area is 198 Å². The van der Waals surface area contributed by atoms with Gasteiger partial charge >= 0.3 is 0 Å². The first-order chi connectivity index (χ1) is 15.9. The highest BCUT2D eigenvalue weighted by atomic mass is 32.2. The molecule has 10 nitrogen and oxygen atoms in total. The Kier molecular flexibility index (Phi) is 7.99. The number of thioether (sulfide) groups is 1. The lowest BCUT2D eigenvalue weighted by Crippen LogP contribution is -2.38. The Morgan fingerprint density at radius 3 is 2.64 bits per heavy atom. The van der Waals surface area contributed by atoms with Crippen LogP contribution in [0.15, 0.2) is 34.3 Å². The number of hydrogen-bond acceptors (Lipinski definition) is 8. The van der Waals surface area contributed by atoms with Gasteiger partial charge in [0.25, 0.3) is 0 Å². The zero-order valence-electron chi connectivity index (χ0n) is 18.7. The Balaban J connectivity index is 1.30. The minimum Gasteiger partial charge on any atom is -0.376 e. The molecule has 1 aliphatic heterocycles. The molecule has 2 heterocycles. The van der Waals surface area contributed by atoms with E-state index in [1.807, 2.05) is 0 Å². The number of ether oxygens (including phenoxy) is 1. The number of tetrazole rings is 1. The Bertz CT molecular complexity index is 1030. The summed E-state index contributed by atoms with van der Waals surface area (Å²) in [6, 6.07) is 6.37. The number of anilines is 1. The first-order valence-electron chi connectivity index (χ1n) is 11.3. The third kappa shape index (κ3) is 6.11. The summed E-state index contributed by atoms with van der Waals surface area (Å²) in [4.78, 5) is 12.6. The smallest absolute Gasteiger partial charge is 0.243 e. The molecular formula is C21H30N6O4S2. The van der Waals surface area contributed by atoms with Gasteiger partial charge in [0.15, 0.2) is 0 Å². The van der Waals surface area contributed by atoms with Gasteiger partial charge in [0, 0.05) is 25.4 Å². The average Bonchev–Trinajstić information content (AvgIpc) is 3.50. The van der Waals surface area contributed by atoms with Crippen molar-refractivity contribution in [3.8, 4) is 0 Å². The molecule has 0 spiro atoms. The summed E-state index contributed by atoms with van der Waals surface area (Å²) in [6.07, 6.45) is 7.22. The molecule has 33 heavy (non-hydrogen) atoms. The number of benzene rings is 1. The van der Waals surface area contributed by atoms with Crippen LogP contribution in [0.5, 0.6) is 0 Å². The van der Waals surface area contributed by atoms with Gasteiger partial charge in [-0.2, -0.15) is 4.31 Å². The molecule has 1 amide bonds. The van der Waals surface area contributed by atoms with Crippen LogP contribution in [-0.2, 0) is 26.1 Å². The van der Waals surface area contributed by atoms with Gasteiger partial charge in [0.2, 0.25) is 21.1 Å². The van der Waals surface area contributed by atoms with Crippen LogP contribution >= 0.6 is 11.8 Å². The molecule has 1 unspecified atom stereocenters. The van der Waals surface area contributed by atoms with Gasteiger partial charge in [0.1, 0.15) is 0 Å². The van der Waals surface area contributed by atoms with E-state index < -0.39 is 10.0 Å². The van der Waals surface area contributed by atoms with E-state index in [0.717, 1.165) is 45.1 Å². The normalized spacial score (nSPS) is 19.8. The molecular weight excluding hydrogens is 464 g/mol. The Morgan fingerprint density at radius 1 is 1.18 bits per heavy atom. The van der Waals surface area contributed by atoms with E-state index in [4.69, 9.17) is 4.74 Å². The predicted octanol–water partition coefficient (Wildman–Crippen LogP) is 2.54. The summed E-state index contributed by atoms with van der Waals surface area (Å²) in [5.41, 5.74) is 0.541. The maximum absolute atomic E-state index is 13.0. The van der Waals surface area contributed by atoms with Crippen LogP contribution in [0.3, 0.4) is 0 Å². The molecule has 2 aliphatic rings. The second kappa shape index (κ2) is 10.9. The van der Waals surface area contributed by atoms with E-state index in [1.54, 1.807) is 36.0 Å². The molecule has 1 atom stereocenters. The molecule has 2 fully saturated rings. The number of carbonyl (C=O) groups excluding carboxylic acids is 1. The zero-order chi connectivity index (χ0) is 23.3. The van der Waals surface area contributed by atoms with Gasteiger partial charge in [-0.15, -0.1) is 5.10 Å². The number of hydrogen-bond donors (Lipinski definition) is 1. The van der Waals surface area contributed by atoms with Crippen molar-refractivity contribution < 1.29 is 17.9 Å². The standard InChI is InChI=1S/C21H30N6O4S2/c1-26(17-6-3-2-4-7-17)33(29,30)19-11-9-16(10-12-19)22-20(28)15-32-21-23-24-25-27(21)14-18-8-5-13-31-18/h9-12,17-18H,2-8,13-15H2,1H3,(H,22,28). The van der Waals surface area contributed by atoms with E-state index in [9.17, 15) is 13.2 Å². The quantitative estimate of drug-likeness (QED) is 0.528. The van der Waals surface area contributed by atoms with Crippen LogP contribution in [-0.4, -0.2) is 70.4 Å². The lowest BCUT2D eigenvalue weighted by atomic mass is 9.96. The number of carbonyl (C=O) groups is 1. The molecule has 1 saturated carbocycles. The second-order valence-corrected chi connectivity index (χ2v) is 11.4. The Morgan fingerprint density at radius 2 is 1.94 bits per heavy atom. The van der Waals surface area contributed by atoms with E-state index in [0.29, 0.717) is 17.4 Å². The summed E-state index contributed by atoms with van der Waals surface area (Å²) in [5.74, 6) is -0.0855. The highest BCUT2D eigenvalue weighted by Gasteiger charge is 2.29. The first kappa shape index (κ1) is 24.1. The summed E-state index contributed by atoms with van der Waals surface area (Å²) in [5, 5.41) is 15.0. The van der Waals surface area contributed by atoms with Crippen molar-refractivity contribution in [2.24, 2.45) is 0 Å². The predicted molar refractivity (Wildman–Crippen MR) is 124 cm³/mol. The number of aromatic nitrogens is 4. The number of nitrogens with zero attached hydrogens (tertiary/aromatic N) is 5. The third-order valence-electron chi connectivity index (χ3n) is 6.14. The molecule has 180 valence electrons. The van der Waals surface area contributed by atoms with Gasteiger partial charge in [-0.05, 0) is 60.4 Å². The topological polar surface area (TPSA) is 119 Å². The van der Waals surface area contributed by atoms with Crippen LogP contribution in [0.1, 0.15) is 44.9 Å². The van der Waals surface area contributed by atoms with E-state index >= 15 is 0 Å². The van der Waals surface area contributed by atoms with Gasteiger partial charge < -0.3 is 10.1 Å². The van der Waals surface area contributed by atoms with Crippen LogP contribution in [0.4, 0.5) is 5.69 Å². The van der Waals surface area contributed by atoms with E-state index in [1.165, 1.54) is 22.5 Å². The lowest BCUT2D eigenvalue weighted by Gasteiger charge is -2.30. The highest BCUT2D eigenvalue weighted by molar-refractivity contribution is 7.99. The van der Waals surface area contributed by atoms with Crippen molar-refractivity contribution >= 4 is 33.4 Å². The van der Waals surface area contributed by atoms with Gasteiger partial charge in [-0.1, -0.05) is 31.0 Å². The Hall–Kier alpha value is -2.02. The molecule has 2 aromatic rings. The van der Waals surface area contributed by atoms with Crippen LogP contribution < -0.4 is 5.32 Å². The fourth-order valence-corrected chi connectivity index (χ4v) is 6.34. The van der Waals surface area contributed by atoms with Crippen LogP contribution in [0, 0.1) is 0 Å². The van der Waals surface area contributed by atoms with Crippen molar-refractivity contribution in [1.29, 1.82) is 0 Å². The average molecular weight is 495 g/mol. The van der Waals surface area contributed by atoms with Crippen LogP contribution in [0.2, 0.25) is 0 Å². The maximum atomic E-state index is 13.0. The summed E-state index contributed by atoms with van der Waals surface area (Å²) < 4.78 is 34.7. The molecule has 1 saturated heterocycles. The van der Waals surface area contributed by atoms with E-state index in [-0.39, 0.29) is 28.7 Å². The van der Waals surface area contributed by atoms with Crippen LogP contribution in [0.25, 0.3) is 0 Å². The van der Waals surface area contributed by atoms with Gasteiger partial charge in [-0.25, -0.2) is 13.1 Å². The second-order valence-electron chi connectivity index (χ2n) is 8.45. The first-order valence-corrected chi connectivity index (χ1v) is 13.7. The molecule has 4 rings (SSSR count). The fourth-order valence-electron chi connectivity index (χ4n) is 4.24. The number of nitrogens with one attached hydrogen (secondary N) is 1. The molecule has 1 aromatic heterocycles. The molecule has 1 aliphatic carbocycles. The van der Waals surface area contributed by atoms with Crippen molar-refractivity contribution in [2.45, 2.75) is 73.7 Å². The number of amides is 1. The van der Waals surface area contributed by atoms with Crippen molar-refractivity contribution in [1.82, 2.24) is 24.5 Å². The largest absolute Gasteiger partial charge is 0.376 e. The van der Waals surface area contributed by atoms with Crippen molar-refractivity contribution in [2.75, 3.05) is 24.7 Å². The lowest BCUT2D eigenvalue weighted by molar-refractivity contribution is -0.113. The zero-order valence-corrected chi connectivity index (χ0v) is 20.4. The van der Waals surface area contributed by atoms with Gasteiger partial charge in [-0.3, -0.25) is 4.79 Å². The maximum Gasteiger partial charge on any atom is 0.243 e. The summed E-state index contributed by atoms with van der Waals surface area (Å²) in [7, 11) is -1.90. The fraction of sp³-hybridized carbons (Fsp3) is 0.619.